The maximum Gasteiger partial charge on any atom is 0.246 e. The molecule has 0 aromatic carbocycles. The van der Waals surface area contributed by atoms with E-state index in [1.54, 1.807) is 6.26 Å². The summed E-state index contributed by atoms with van der Waals surface area (Å²) in [6.07, 6.45) is 2.80. The second-order valence-corrected chi connectivity index (χ2v) is 4.55. The largest absolute Gasteiger partial charge is 0.388 e. The maximum atomic E-state index is 11.0. The number of thioether (sulfide) groups is 1. The summed E-state index contributed by atoms with van der Waals surface area (Å²) in [5.74, 6) is 0. The fourth-order valence-electron chi connectivity index (χ4n) is 0.518. The summed E-state index contributed by atoms with van der Waals surface area (Å²) in [5.41, 5.74) is 5.12. The van der Waals surface area contributed by atoms with Crippen molar-refractivity contribution in [2.75, 3.05) is 6.26 Å². The van der Waals surface area contributed by atoms with Gasteiger partial charge in [-0.25, -0.2) is 13.4 Å². The molecule has 0 aliphatic carbocycles. The molecule has 1 heterocycles. The summed E-state index contributed by atoms with van der Waals surface area (Å²) in [5, 5.41) is -0.170. The van der Waals surface area contributed by atoms with Crippen LogP contribution >= 0.6 is 11.8 Å². The van der Waals surface area contributed by atoms with Crippen molar-refractivity contribution >= 4 is 26.0 Å². The van der Waals surface area contributed by atoms with Gasteiger partial charge in [-0.15, -0.1) is 0 Å². The molecule has 6 heteroatoms. The summed E-state index contributed by atoms with van der Waals surface area (Å²) in [4.78, 5) is 3.59. The third kappa shape index (κ3) is 0.929. The van der Waals surface area contributed by atoms with Crippen molar-refractivity contribution in [3.63, 3.8) is 0 Å². The molecule has 4 nitrogen and oxygen atoms in total. The first-order valence-corrected chi connectivity index (χ1v) is 5.12. The summed E-state index contributed by atoms with van der Waals surface area (Å²) in [6.45, 7) is 0. The van der Waals surface area contributed by atoms with Crippen molar-refractivity contribution in [1.29, 1.82) is 0 Å². The molecule has 0 atom stereocenters. The van der Waals surface area contributed by atoms with Crippen molar-refractivity contribution < 1.29 is 8.42 Å². The number of hydrogen-bond donors (Lipinski definition) is 1. The minimum Gasteiger partial charge on any atom is -0.388 e. The molecule has 0 unspecified atom stereocenters. The lowest BCUT2D eigenvalue weighted by molar-refractivity contribution is 0.613. The van der Waals surface area contributed by atoms with Gasteiger partial charge in [-0.3, -0.25) is 0 Å². The van der Waals surface area contributed by atoms with E-state index < -0.39 is 9.84 Å². The van der Waals surface area contributed by atoms with Gasteiger partial charge in [0.25, 0.3) is 0 Å². The maximum absolute atomic E-state index is 11.0. The van der Waals surface area contributed by atoms with Crippen molar-refractivity contribution in [1.82, 2.24) is 0 Å². The van der Waals surface area contributed by atoms with Gasteiger partial charge in [0.15, 0.2) is 9.40 Å². The minimum absolute atomic E-state index is 0.0741. The van der Waals surface area contributed by atoms with Crippen LogP contribution in [0.1, 0.15) is 0 Å². The zero-order chi connectivity index (χ0) is 7.78. The van der Waals surface area contributed by atoms with Gasteiger partial charge in [0.1, 0.15) is 0 Å². The predicted octanol–water partition coefficient (Wildman–Crippen LogP) is -0.109. The molecule has 1 aliphatic heterocycles. The molecule has 0 aromatic rings. The first-order chi connectivity index (χ1) is 4.59. The lowest BCUT2D eigenvalue weighted by Gasteiger charge is -1.94. The van der Waals surface area contributed by atoms with Crippen LogP contribution in [-0.2, 0) is 9.84 Å². The molecule has 0 radical (unpaired) electrons. The Morgan fingerprint density at radius 3 is 2.50 bits per heavy atom. The molecule has 0 saturated heterocycles. The van der Waals surface area contributed by atoms with E-state index in [4.69, 9.17) is 5.73 Å². The molecule has 0 fully saturated rings. The molecule has 1 aliphatic rings. The Kier molecular flexibility index (Phi) is 1.74. The topological polar surface area (TPSA) is 72.5 Å². The summed E-state index contributed by atoms with van der Waals surface area (Å²) >= 11 is 1.07. The minimum atomic E-state index is -3.36. The van der Waals surface area contributed by atoms with Crippen LogP contribution in [0.25, 0.3) is 0 Å². The number of nitrogens with zero attached hydrogens (tertiary/aromatic N) is 1. The second kappa shape index (κ2) is 2.28. The van der Waals surface area contributed by atoms with Crippen LogP contribution in [0.3, 0.4) is 0 Å². The lowest BCUT2D eigenvalue weighted by atomic mass is 10.9. The molecule has 1 rings (SSSR count). The van der Waals surface area contributed by atoms with Crippen molar-refractivity contribution in [2.45, 2.75) is 0 Å². The Morgan fingerprint density at radius 1 is 1.70 bits per heavy atom. The molecule has 0 spiro atoms. The van der Waals surface area contributed by atoms with Crippen LogP contribution in [0.5, 0.6) is 0 Å². The third-order valence-corrected chi connectivity index (χ3v) is 3.92. The van der Waals surface area contributed by atoms with Gasteiger partial charge in [-0.05, 0) is 6.26 Å². The average Bonchev–Trinajstić information content (AvgIpc) is 2.10. The summed E-state index contributed by atoms with van der Waals surface area (Å²) < 4.78 is 22.0. The van der Waals surface area contributed by atoms with Gasteiger partial charge >= 0.3 is 0 Å². The van der Waals surface area contributed by atoms with Gasteiger partial charge in [0.2, 0.25) is 9.84 Å². The Balaban J connectivity index is 3.14. The highest BCUT2D eigenvalue weighted by Gasteiger charge is 2.26. The van der Waals surface area contributed by atoms with E-state index in [1.165, 1.54) is 0 Å². The first-order valence-electron chi connectivity index (χ1n) is 2.41. The van der Waals surface area contributed by atoms with Crippen LogP contribution in [0.2, 0.25) is 0 Å². The molecule has 0 bridgehead atoms. The smallest absolute Gasteiger partial charge is 0.246 e. The van der Waals surface area contributed by atoms with E-state index in [1.807, 2.05) is 0 Å². The molecule has 0 aromatic heterocycles. The fourth-order valence-corrected chi connectivity index (χ4v) is 2.43. The zero-order valence-corrected chi connectivity index (χ0v) is 6.87. The van der Waals surface area contributed by atoms with Crippen LogP contribution in [0, 0.1) is 0 Å². The molecular formula is C4H6N2O2S2. The normalized spacial score (nSPS) is 22.1. The van der Waals surface area contributed by atoms with Gasteiger partial charge in [0.05, 0.1) is 6.20 Å². The number of nitrogens with two attached hydrogens (primary N) is 1. The SMILES string of the molecule is CSC1=NC=C(N)S1(=O)=O. The average molecular weight is 178 g/mol. The standard InChI is InChI=1S/C4H6N2O2S2/c1-9-4-6-2-3(5)10(4,7)8/h2H,5H2,1H3. The number of aliphatic imine (C=N–C) groups is 1. The molecular weight excluding hydrogens is 172 g/mol. The van der Waals surface area contributed by atoms with Crippen LogP contribution < -0.4 is 5.73 Å². The summed E-state index contributed by atoms with van der Waals surface area (Å²) in [7, 11) is -3.36. The fraction of sp³-hybridized carbons (Fsp3) is 0.250. The molecule has 10 heavy (non-hydrogen) atoms. The van der Waals surface area contributed by atoms with E-state index >= 15 is 0 Å². The predicted molar refractivity (Wildman–Crippen MR) is 42.1 cm³/mol. The third-order valence-electron chi connectivity index (χ3n) is 1.01. The van der Waals surface area contributed by atoms with Gasteiger partial charge in [0, 0.05) is 0 Å². The Morgan fingerprint density at radius 2 is 2.30 bits per heavy atom. The van der Waals surface area contributed by atoms with Crippen LogP contribution in [0.4, 0.5) is 0 Å². The second-order valence-electron chi connectivity index (χ2n) is 1.63. The van der Waals surface area contributed by atoms with Gasteiger partial charge in [-0.2, -0.15) is 0 Å². The van der Waals surface area contributed by atoms with E-state index in [0.29, 0.717) is 0 Å². The van der Waals surface area contributed by atoms with Gasteiger partial charge in [-0.1, -0.05) is 11.8 Å². The number of hydrogen-bond acceptors (Lipinski definition) is 5. The number of sulfone groups is 1. The highest BCUT2D eigenvalue weighted by Crippen LogP contribution is 2.18. The Hall–Kier alpha value is -0.490. The Labute approximate surface area is 63.1 Å². The quantitative estimate of drug-likeness (QED) is 0.562. The zero-order valence-electron chi connectivity index (χ0n) is 5.23. The number of rotatable bonds is 0. The highest BCUT2D eigenvalue weighted by atomic mass is 32.3. The molecule has 56 valence electrons. The molecule has 2 N–H and O–H groups in total. The molecule has 0 saturated carbocycles. The lowest BCUT2D eigenvalue weighted by Crippen LogP contribution is -2.14. The van der Waals surface area contributed by atoms with E-state index in [2.05, 4.69) is 4.99 Å². The van der Waals surface area contributed by atoms with Crippen molar-refractivity contribution in [2.24, 2.45) is 10.7 Å². The first kappa shape index (κ1) is 7.62. The summed E-state index contributed by atoms with van der Waals surface area (Å²) in [6, 6.07) is 0. The Bertz CT molecular complexity index is 301. The van der Waals surface area contributed by atoms with E-state index in [-0.39, 0.29) is 9.40 Å². The highest BCUT2D eigenvalue weighted by molar-refractivity contribution is 8.36. The van der Waals surface area contributed by atoms with E-state index in [0.717, 1.165) is 18.0 Å². The monoisotopic (exact) mass is 178 g/mol. The van der Waals surface area contributed by atoms with Crippen molar-refractivity contribution in [3.05, 3.63) is 11.2 Å². The van der Waals surface area contributed by atoms with Gasteiger partial charge < -0.3 is 5.73 Å². The van der Waals surface area contributed by atoms with E-state index in [9.17, 15) is 8.42 Å². The van der Waals surface area contributed by atoms with Crippen LogP contribution in [-0.4, -0.2) is 19.0 Å². The van der Waals surface area contributed by atoms with Crippen LogP contribution in [0.15, 0.2) is 16.2 Å². The molecule has 0 amide bonds. The van der Waals surface area contributed by atoms with Crippen molar-refractivity contribution in [3.8, 4) is 0 Å².